The second-order valence-electron chi connectivity index (χ2n) is 7.45. The van der Waals surface area contributed by atoms with Crippen molar-refractivity contribution in [1.29, 1.82) is 0 Å². The van der Waals surface area contributed by atoms with Crippen LogP contribution >= 0.6 is 23.4 Å². The zero-order valence-corrected chi connectivity index (χ0v) is 19.6. The minimum Gasteiger partial charge on any atom is -0.455 e. The van der Waals surface area contributed by atoms with Crippen LogP contribution in [-0.4, -0.2) is 33.8 Å². The van der Waals surface area contributed by atoms with Crippen molar-refractivity contribution in [3.63, 3.8) is 0 Å². The van der Waals surface area contributed by atoms with Gasteiger partial charge in [-0.2, -0.15) is 0 Å². The first kappa shape index (κ1) is 23.8. The van der Waals surface area contributed by atoms with Gasteiger partial charge in [0.1, 0.15) is 5.82 Å². The Morgan fingerprint density at radius 2 is 1.71 bits per heavy atom. The van der Waals surface area contributed by atoms with E-state index < -0.39 is 11.9 Å². The van der Waals surface area contributed by atoms with Crippen molar-refractivity contribution in [1.82, 2.24) is 14.9 Å². The lowest BCUT2D eigenvalue weighted by atomic mass is 10.2. The highest BCUT2D eigenvalue weighted by molar-refractivity contribution is 7.99. The number of carbonyl (C=O) groups excluding carboxylic acids is 2. The van der Waals surface area contributed by atoms with Gasteiger partial charge >= 0.3 is 5.97 Å². The van der Waals surface area contributed by atoms with Gasteiger partial charge in [0.15, 0.2) is 11.8 Å². The van der Waals surface area contributed by atoms with E-state index >= 15 is 0 Å². The van der Waals surface area contributed by atoms with Crippen molar-refractivity contribution in [3.8, 4) is 0 Å². The molecule has 9 heteroatoms. The molecule has 1 heterocycles. The Balaban J connectivity index is 1.32. The van der Waals surface area contributed by atoms with Gasteiger partial charge < -0.3 is 14.6 Å². The van der Waals surface area contributed by atoms with Crippen molar-refractivity contribution in [2.45, 2.75) is 18.2 Å². The average molecular weight is 498 g/mol. The third kappa shape index (κ3) is 6.36. The highest BCUT2D eigenvalue weighted by atomic mass is 35.5. The molecule has 1 aromatic heterocycles. The molecule has 0 aliphatic heterocycles. The van der Waals surface area contributed by atoms with Gasteiger partial charge in [-0.15, -0.1) is 0 Å². The average Bonchev–Trinajstić information content (AvgIpc) is 3.19. The number of nitrogens with one attached hydrogen (secondary N) is 1. The van der Waals surface area contributed by atoms with Crippen molar-refractivity contribution < 1.29 is 18.7 Å². The minimum atomic E-state index is -0.521. The van der Waals surface area contributed by atoms with Gasteiger partial charge in [0.25, 0.3) is 5.91 Å². The third-order valence-electron chi connectivity index (χ3n) is 4.96. The zero-order chi connectivity index (χ0) is 23.9. The van der Waals surface area contributed by atoms with Crippen LogP contribution in [0.1, 0.15) is 11.1 Å². The maximum atomic E-state index is 13.3. The summed E-state index contributed by atoms with van der Waals surface area (Å²) in [7, 11) is 0. The van der Waals surface area contributed by atoms with E-state index in [0.717, 1.165) is 22.2 Å². The largest absolute Gasteiger partial charge is 0.455 e. The van der Waals surface area contributed by atoms with Gasteiger partial charge in [-0.1, -0.05) is 59.8 Å². The molecular weight excluding hydrogens is 477 g/mol. The Labute approximate surface area is 205 Å². The normalized spacial score (nSPS) is 10.9. The van der Waals surface area contributed by atoms with Gasteiger partial charge in [0.2, 0.25) is 0 Å². The van der Waals surface area contributed by atoms with Crippen LogP contribution in [0.15, 0.2) is 78.0 Å². The van der Waals surface area contributed by atoms with E-state index in [2.05, 4.69) is 10.3 Å². The van der Waals surface area contributed by atoms with E-state index in [1.54, 1.807) is 24.3 Å². The molecule has 0 saturated carbocycles. The van der Waals surface area contributed by atoms with E-state index in [0.29, 0.717) is 23.3 Å². The van der Waals surface area contributed by atoms with Crippen LogP contribution in [0.2, 0.25) is 5.02 Å². The van der Waals surface area contributed by atoms with Crippen LogP contribution in [0.25, 0.3) is 11.0 Å². The number of hydrogen-bond acceptors (Lipinski definition) is 5. The summed E-state index contributed by atoms with van der Waals surface area (Å²) in [5.74, 6) is -1.21. The fourth-order valence-corrected chi connectivity index (χ4v) is 4.19. The standard InChI is InChI=1S/C25H21ClFN3O3S/c26-19-9-5-17(6-10-19)13-28-23(31)15-33-24(32)16-34-25-29-21-3-1-2-4-22(21)30(25)14-18-7-11-20(27)12-8-18/h1-12H,13-16H2,(H,28,31). The monoisotopic (exact) mass is 497 g/mol. The number of benzene rings is 3. The smallest absolute Gasteiger partial charge is 0.316 e. The SMILES string of the molecule is O=C(COC(=O)CSc1nc2ccccc2n1Cc1ccc(F)cc1)NCc1ccc(Cl)cc1. The summed E-state index contributed by atoms with van der Waals surface area (Å²) in [6.07, 6.45) is 0. The number of ether oxygens (including phenoxy) is 1. The molecule has 0 spiro atoms. The number of halogens is 2. The zero-order valence-electron chi connectivity index (χ0n) is 18.0. The third-order valence-corrected chi connectivity index (χ3v) is 6.16. The van der Waals surface area contributed by atoms with E-state index in [9.17, 15) is 14.0 Å². The summed E-state index contributed by atoms with van der Waals surface area (Å²) in [5, 5.41) is 3.95. The van der Waals surface area contributed by atoms with Crippen LogP contribution in [0.5, 0.6) is 0 Å². The lowest BCUT2D eigenvalue weighted by Crippen LogP contribution is -2.28. The number of hydrogen-bond donors (Lipinski definition) is 1. The molecule has 0 saturated heterocycles. The predicted molar refractivity (Wildman–Crippen MR) is 130 cm³/mol. The number of imidazole rings is 1. The number of aromatic nitrogens is 2. The molecule has 0 bridgehead atoms. The second kappa shape index (κ2) is 11.2. The van der Waals surface area contributed by atoms with Gasteiger partial charge in [0, 0.05) is 11.6 Å². The number of fused-ring (bicyclic) bond motifs is 1. The number of nitrogens with zero attached hydrogens (tertiary/aromatic N) is 2. The van der Waals surface area contributed by atoms with Crippen molar-refractivity contribution in [2.24, 2.45) is 0 Å². The van der Waals surface area contributed by atoms with Crippen molar-refractivity contribution in [2.75, 3.05) is 12.4 Å². The van der Waals surface area contributed by atoms with Gasteiger partial charge in [-0.25, -0.2) is 9.37 Å². The fourth-order valence-electron chi connectivity index (χ4n) is 3.25. The number of esters is 1. The van der Waals surface area contributed by atoms with Crippen molar-refractivity contribution in [3.05, 3.63) is 94.8 Å². The lowest BCUT2D eigenvalue weighted by Gasteiger charge is -2.10. The van der Waals surface area contributed by atoms with Crippen LogP contribution in [-0.2, 0) is 27.4 Å². The van der Waals surface area contributed by atoms with E-state index in [1.165, 1.54) is 23.9 Å². The molecule has 0 aliphatic rings. The topological polar surface area (TPSA) is 73.2 Å². The number of para-hydroxylation sites is 2. The summed E-state index contributed by atoms with van der Waals surface area (Å²) in [4.78, 5) is 28.9. The molecule has 0 atom stereocenters. The van der Waals surface area contributed by atoms with E-state index in [1.807, 2.05) is 41.0 Å². The summed E-state index contributed by atoms with van der Waals surface area (Å²) in [6.45, 7) is 0.431. The maximum absolute atomic E-state index is 13.3. The van der Waals surface area contributed by atoms with Gasteiger partial charge in [-0.3, -0.25) is 9.59 Å². The van der Waals surface area contributed by atoms with Crippen LogP contribution in [0.3, 0.4) is 0 Å². The molecule has 34 heavy (non-hydrogen) atoms. The number of thioether (sulfide) groups is 1. The molecule has 4 rings (SSSR count). The number of amides is 1. The molecule has 3 aromatic carbocycles. The maximum Gasteiger partial charge on any atom is 0.316 e. The lowest BCUT2D eigenvalue weighted by molar-refractivity contribution is -0.145. The summed E-state index contributed by atoms with van der Waals surface area (Å²) >= 11 is 7.07. The molecule has 0 radical (unpaired) electrons. The number of carbonyl (C=O) groups is 2. The Morgan fingerprint density at radius 1 is 1.00 bits per heavy atom. The molecule has 0 aliphatic carbocycles. The predicted octanol–water partition coefficient (Wildman–Crippen LogP) is 4.83. The summed E-state index contributed by atoms with van der Waals surface area (Å²) in [6, 6.07) is 21.0. The molecule has 4 aromatic rings. The second-order valence-corrected chi connectivity index (χ2v) is 8.83. The first-order valence-electron chi connectivity index (χ1n) is 10.5. The van der Waals surface area contributed by atoms with Gasteiger partial charge in [-0.05, 0) is 47.5 Å². The van der Waals surface area contributed by atoms with Crippen LogP contribution < -0.4 is 5.32 Å². The molecule has 6 nitrogen and oxygen atoms in total. The molecule has 174 valence electrons. The quantitative estimate of drug-likeness (QED) is 0.265. The molecule has 0 unspecified atom stereocenters. The number of rotatable bonds is 9. The minimum absolute atomic E-state index is 0.00277. The summed E-state index contributed by atoms with van der Waals surface area (Å²) in [5.41, 5.74) is 3.50. The summed E-state index contributed by atoms with van der Waals surface area (Å²) < 4.78 is 20.4. The highest BCUT2D eigenvalue weighted by Crippen LogP contribution is 2.25. The molecular formula is C25H21ClFN3O3S. The molecule has 1 amide bonds. The van der Waals surface area contributed by atoms with Crippen molar-refractivity contribution >= 4 is 46.3 Å². The molecule has 1 N–H and O–H groups in total. The highest BCUT2D eigenvalue weighted by Gasteiger charge is 2.15. The van der Waals surface area contributed by atoms with Crippen LogP contribution in [0, 0.1) is 5.82 Å². The Kier molecular flexibility index (Phi) is 7.82. The van der Waals surface area contributed by atoms with Gasteiger partial charge in [0.05, 0.1) is 23.3 Å². The first-order chi connectivity index (χ1) is 16.5. The Bertz CT molecular complexity index is 1290. The first-order valence-corrected chi connectivity index (χ1v) is 11.8. The Hall–Kier alpha value is -3.36. The fraction of sp³-hybridized carbons (Fsp3) is 0.160. The van der Waals surface area contributed by atoms with Crippen LogP contribution in [0.4, 0.5) is 4.39 Å². The van der Waals surface area contributed by atoms with E-state index in [4.69, 9.17) is 16.3 Å². The molecule has 0 fully saturated rings. The Morgan fingerprint density at radius 3 is 2.47 bits per heavy atom. The van der Waals surface area contributed by atoms with E-state index in [-0.39, 0.29) is 18.2 Å².